The highest BCUT2D eigenvalue weighted by Crippen LogP contribution is 2.32. The molecule has 6 heteroatoms. The number of aliphatic carboxylic acids is 1. The Labute approximate surface area is 136 Å². The predicted octanol–water partition coefficient (Wildman–Crippen LogP) is 2.66. The maximum Gasteiger partial charge on any atom is 0.313 e. The Morgan fingerprint density at radius 3 is 2.70 bits per heavy atom. The van der Waals surface area contributed by atoms with E-state index >= 15 is 0 Å². The fraction of sp³-hybridized carbons (Fsp3) is 0.647. The molecule has 1 aromatic rings. The number of likely N-dealkylation sites (tertiary alicyclic amines) is 1. The summed E-state index contributed by atoms with van der Waals surface area (Å²) in [6, 6.07) is 1.77. The van der Waals surface area contributed by atoms with Crippen LogP contribution in [0.4, 0.5) is 0 Å². The third kappa shape index (κ3) is 3.42. The molecule has 1 fully saturated rings. The van der Waals surface area contributed by atoms with Gasteiger partial charge in [0.05, 0.1) is 12.2 Å². The van der Waals surface area contributed by atoms with Crippen LogP contribution in [0.25, 0.3) is 0 Å². The van der Waals surface area contributed by atoms with Crippen LogP contribution in [0.3, 0.4) is 0 Å². The number of carbonyl (C=O) groups is 2. The van der Waals surface area contributed by atoms with E-state index in [9.17, 15) is 14.7 Å². The topological polar surface area (TPSA) is 80.0 Å². The second-order valence-corrected chi connectivity index (χ2v) is 6.62. The van der Waals surface area contributed by atoms with Crippen molar-refractivity contribution < 1.29 is 23.8 Å². The maximum absolute atomic E-state index is 12.8. The molecule has 0 aliphatic carbocycles. The van der Waals surface area contributed by atoms with E-state index in [1.165, 1.54) is 7.11 Å². The Morgan fingerprint density at radius 1 is 1.48 bits per heavy atom. The lowest BCUT2D eigenvalue weighted by Crippen LogP contribution is -2.52. The van der Waals surface area contributed by atoms with Crippen LogP contribution in [-0.2, 0) is 9.53 Å². The van der Waals surface area contributed by atoms with E-state index in [1.807, 2.05) is 13.8 Å². The molecule has 1 N–H and O–H groups in total. The van der Waals surface area contributed by atoms with E-state index < -0.39 is 11.4 Å². The number of piperidine rings is 1. The first kappa shape index (κ1) is 17.5. The number of carboxylic acids is 1. The average Bonchev–Trinajstić information content (AvgIpc) is 2.89. The van der Waals surface area contributed by atoms with E-state index in [1.54, 1.807) is 17.9 Å². The number of carbonyl (C=O) groups excluding carboxylic acids is 1. The van der Waals surface area contributed by atoms with Gasteiger partial charge in [0, 0.05) is 26.1 Å². The number of carboxylic acid groups (broad SMARTS) is 1. The van der Waals surface area contributed by atoms with Gasteiger partial charge in [-0.15, -0.1) is 0 Å². The van der Waals surface area contributed by atoms with Gasteiger partial charge in [-0.1, -0.05) is 13.8 Å². The summed E-state index contributed by atoms with van der Waals surface area (Å²) in [5, 5.41) is 9.58. The zero-order valence-corrected chi connectivity index (χ0v) is 14.2. The largest absolute Gasteiger partial charge is 0.481 e. The normalized spacial score (nSPS) is 21.7. The highest BCUT2D eigenvalue weighted by atomic mass is 16.5. The molecule has 1 aliphatic heterocycles. The van der Waals surface area contributed by atoms with Crippen molar-refractivity contribution >= 4 is 11.9 Å². The van der Waals surface area contributed by atoms with Gasteiger partial charge in [0.2, 0.25) is 0 Å². The smallest absolute Gasteiger partial charge is 0.313 e. The van der Waals surface area contributed by atoms with Crippen molar-refractivity contribution in [1.82, 2.24) is 4.90 Å². The molecule has 1 atom stereocenters. The third-order valence-corrected chi connectivity index (χ3v) is 4.47. The number of hydrogen-bond donors (Lipinski definition) is 1. The minimum Gasteiger partial charge on any atom is -0.481 e. The Balaban J connectivity index is 2.24. The average molecular weight is 323 g/mol. The lowest BCUT2D eigenvalue weighted by Gasteiger charge is -2.39. The van der Waals surface area contributed by atoms with E-state index in [0.29, 0.717) is 30.7 Å². The lowest BCUT2D eigenvalue weighted by molar-refractivity contribution is -0.155. The summed E-state index contributed by atoms with van der Waals surface area (Å²) < 4.78 is 10.7. The van der Waals surface area contributed by atoms with Crippen LogP contribution in [0, 0.1) is 12.3 Å². The van der Waals surface area contributed by atoms with E-state index in [4.69, 9.17) is 9.15 Å². The first-order valence-corrected chi connectivity index (χ1v) is 7.92. The van der Waals surface area contributed by atoms with Crippen molar-refractivity contribution in [1.29, 1.82) is 0 Å². The number of furan rings is 1. The molecule has 6 nitrogen and oxygen atoms in total. The molecule has 0 radical (unpaired) electrons. The molecule has 2 rings (SSSR count). The number of aryl methyl sites for hydroxylation is 1. The van der Waals surface area contributed by atoms with Gasteiger partial charge in [0.1, 0.15) is 16.9 Å². The summed E-state index contributed by atoms with van der Waals surface area (Å²) in [6.07, 6.45) is 1.16. The minimum absolute atomic E-state index is 0.105. The Hall–Kier alpha value is -1.82. The van der Waals surface area contributed by atoms with Crippen LogP contribution in [0.15, 0.2) is 10.5 Å². The molecular weight excluding hydrogens is 298 g/mol. The first-order valence-electron chi connectivity index (χ1n) is 7.92. The molecule has 1 unspecified atom stereocenters. The van der Waals surface area contributed by atoms with Crippen LogP contribution in [-0.4, -0.2) is 48.7 Å². The summed E-state index contributed by atoms with van der Waals surface area (Å²) in [6.45, 7) is 6.59. The van der Waals surface area contributed by atoms with Gasteiger partial charge in [0.15, 0.2) is 0 Å². The van der Waals surface area contributed by atoms with Crippen molar-refractivity contribution in [3.8, 4) is 0 Å². The molecule has 1 amide bonds. The van der Waals surface area contributed by atoms with Crippen LogP contribution in [0.5, 0.6) is 0 Å². The number of nitrogens with zero attached hydrogens (tertiary/aromatic N) is 1. The summed E-state index contributed by atoms with van der Waals surface area (Å²) in [7, 11) is 1.49. The molecule has 2 heterocycles. The summed E-state index contributed by atoms with van der Waals surface area (Å²) in [4.78, 5) is 26.1. The summed E-state index contributed by atoms with van der Waals surface area (Å²) >= 11 is 0. The predicted molar refractivity (Wildman–Crippen MR) is 84.6 cm³/mol. The fourth-order valence-corrected chi connectivity index (χ4v) is 3.11. The highest BCUT2D eigenvalue weighted by molar-refractivity contribution is 5.95. The van der Waals surface area contributed by atoms with Gasteiger partial charge in [-0.05, 0) is 25.8 Å². The monoisotopic (exact) mass is 323 g/mol. The van der Waals surface area contributed by atoms with E-state index in [-0.39, 0.29) is 25.0 Å². The number of hydrogen-bond acceptors (Lipinski definition) is 4. The molecule has 0 spiro atoms. The third-order valence-electron chi connectivity index (χ3n) is 4.47. The number of rotatable bonds is 5. The molecule has 0 bridgehead atoms. The standard InChI is InChI=1S/C17H25NO5/c1-11(2)14-8-13(12(3)23-14)15(19)18-7-5-6-17(9-18,10-22-4)16(20)21/h8,11H,5-7,9-10H2,1-4H3,(H,20,21). The zero-order chi connectivity index (χ0) is 17.2. The first-order chi connectivity index (χ1) is 10.8. The van der Waals surface area contributed by atoms with Crippen molar-refractivity contribution in [3.63, 3.8) is 0 Å². The van der Waals surface area contributed by atoms with Crippen molar-refractivity contribution in [2.24, 2.45) is 5.41 Å². The summed E-state index contributed by atoms with van der Waals surface area (Å²) in [5.74, 6) is 0.465. The highest BCUT2D eigenvalue weighted by Gasteiger charge is 2.44. The minimum atomic E-state index is -1.03. The summed E-state index contributed by atoms with van der Waals surface area (Å²) in [5.41, 5.74) is -0.506. The SMILES string of the molecule is COCC1(C(=O)O)CCCN(C(=O)c2cc(C(C)C)oc2C)C1. The van der Waals surface area contributed by atoms with Crippen LogP contribution < -0.4 is 0 Å². The number of methoxy groups -OCH3 is 1. The van der Waals surface area contributed by atoms with Gasteiger partial charge >= 0.3 is 5.97 Å². The Morgan fingerprint density at radius 2 is 2.17 bits per heavy atom. The number of ether oxygens (including phenoxy) is 1. The second kappa shape index (κ2) is 6.74. The Kier molecular flexibility index (Phi) is 5.14. The molecule has 23 heavy (non-hydrogen) atoms. The van der Waals surface area contributed by atoms with Gasteiger partial charge in [-0.25, -0.2) is 0 Å². The number of amides is 1. The molecule has 1 saturated heterocycles. The van der Waals surface area contributed by atoms with Crippen molar-refractivity contribution in [2.75, 3.05) is 26.8 Å². The van der Waals surface area contributed by atoms with Crippen LogP contribution >= 0.6 is 0 Å². The maximum atomic E-state index is 12.8. The fourth-order valence-electron chi connectivity index (χ4n) is 3.11. The van der Waals surface area contributed by atoms with Crippen molar-refractivity contribution in [2.45, 2.75) is 39.5 Å². The molecule has 1 aliphatic rings. The van der Waals surface area contributed by atoms with Gasteiger partial charge in [-0.3, -0.25) is 9.59 Å². The van der Waals surface area contributed by atoms with Gasteiger partial charge < -0.3 is 19.2 Å². The molecule has 0 saturated carbocycles. The zero-order valence-electron chi connectivity index (χ0n) is 14.2. The molecule has 0 aromatic carbocycles. The molecular formula is C17H25NO5. The van der Waals surface area contributed by atoms with E-state index in [2.05, 4.69) is 0 Å². The quantitative estimate of drug-likeness (QED) is 0.901. The Bertz CT molecular complexity index is 588. The van der Waals surface area contributed by atoms with Gasteiger partial charge in [0.25, 0.3) is 5.91 Å². The van der Waals surface area contributed by atoms with Crippen LogP contribution in [0.2, 0.25) is 0 Å². The molecule has 128 valence electrons. The lowest BCUT2D eigenvalue weighted by atomic mass is 9.80. The van der Waals surface area contributed by atoms with Crippen LogP contribution in [0.1, 0.15) is 54.5 Å². The van der Waals surface area contributed by atoms with Gasteiger partial charge in [-0.2, -0.15) is 0 Å². The second-order valence-electron chi connectivity index (χ2n) is 6.62. The van der Waals surface area contributed by atoms with E-state index in [0.717, 1.165) is 5.76 Å². The van der Waals surface area contributed by atoms with Crippen molar-refractivity contribution in [3.05, 3.63) is 23.2 Å². The molecule has 1 aromatic heterocycles.